The highest BCUT2D eigenvalue weighted by molar-refractivity contribution is 5.94. The number of ether oxygens (including phenoxy) is 3. The summed E-state index contributed by atoms with van der Waals surface area (Å²) in [6.45, 7) is 4.20. The average Bonchev–Trinajstić information content (AvgIpc) is 3.14. The Balaban J connectivity index is 1.74. The topological polar surface area (TPSA) is 62.6 Å². The summed E-state index contributed by atoms with van der Waals surface area (Å²) in [6.07, 6.45) is 2.38. The van der Waals surface area contributed by atoms with E-state index >= 15 is 0 Å². The van der Waals surface area contributed by atoms with Crippen molar-refractivity contribution in [3.05, 3.63) is 30.0 Å². The molecule has 6 heteroatoms. The molecule has 0 saturated carbocycles. The summed E-state index contributed by atoms with van der Waals surface area (Å²) < 4.78 is 17.7. The molecule has 0 atom stereocenters. The van der Waals surface area contributed by atoms with E-state index in [0.717, 1.165) is 17.3 Å². The Hall–Kier alpha value is -1.92. The monoisotopic (exact) mass is 290 g/mol. The number of carbonyl (C=O) groups excluding carboxylic acids is 1. The van der Waals surface area contributed by atoms with Gasteiger partial charge in [-0.05, 0) is 25.1 Å². The Morgan fingerprint density at radius 3 is 3.00 bits per heavy atom. The molecule has 6 nitrogen and oxygen atoms in total. The molecule has 0 amide bonds. The van der Waals surface area contributed by atoms with Crippen LogP contribution in [0.25, 0.3) is 10.9 Å². The molecule has 0 unspecified atom stereocenters. The van der Waals surface area contributed by atoms with Gasteiger partial charge in [0.25, 0.3) is 0 Å². The van der Waals surface area contributed by atoms with Crippen molar-refractivity contribution < 1.29 is 19.0 Å². The van der Waals surface area contributed by atoms with E-state index < -0.39 is 0 Å². The van der Waals surface area contributed by atoms with Crippen LogP contribution in [0, 0.1) is 0 Å². The minimum absolute atomic E-state index is 0.136. The Morgan fingerprint density at radius 1 is 1.43 bits per heavy atom. The highest BCUT2D eigenvalue weighted by atomic mass is 16.7. The van der Waals surface area contributed by atoms with Gasteiger partial charge in [-0.25, -0.2) is 4.79 Å². The molecule has 112 valence electrons. The van der Waals surface area contributed by atoms with E-state index in [4.69, 9.17) is 14.2 Å². The third-order valence-electron chi connectivity index (χ3n) is 3.42. The Bertz CT molecular complexity index is 632. The Morgan fingerprint density at radius 2 is 2.24 bits per heavy atom. The van der Waals surface area contributed by atoms with Crippen LogP contribution in [0.2, 0.25) is 0 Å². The number of esters is 1. The molecular weight excluding hydrogens is 272 g/mol. The minimum atomic E-state index is -0.306. The van der Waals surface area contributed by atoms with Crippen LogP contribution in [0.4, 0.5) is 0 Å². The predicted octanol–water partition coefficient (Wildman–Crippen LogP) is 1.98. The molecule has 0 spiro atoms. The number of fused-ring (bicyclic) bond motifs is 1. The molecule has 0 radical (unpaired) electrons. The number of aromatic nitrogens is 2. The van der Waals surface area contributed by atoms with Gasteiger partial charge in [0.15, 0.2) is 6.29 Å². The molecule has 1 aliphatic rings. The van der Waals surface area contributed by atoms with Gasteiger partial charge in [-0.3, -0.25) is 4.68 Å². The van der Waals surface area contributed by atoms with E-state index in [-0.39, 0.29) is 12.3 Å². The smallest absolute Gasteiger partial charge is 0.338 e. The van der Waals surface area contributed by atoms with Gasteiger partial charge in [0, 0.05) is 18.4 Å². The number of nitrogens with zero attached hydrogens (tertiary/aromatic N) is 2. The summed E-state index contributed by atoms with van der Waals surface area (Å²) in [5.74, 6) is -0.306. The van der Waals surface area contributed by atoms with Crippen LogP contribution >= 0.6 is 0 Å². The third kappa shape index (κ3) is 3.06. The van der Waals surface area contributed by atoms with Crippen molar-refractivity contribution in [2.24, 2.45) is 0 Å². The molecule has 0 bridgehead atoms. The van der Waals surface area contributed by atoms with Gasteiger partial charge in [-0.1, -0.05) is 0 Å². The second-order valence-electron chi connectivity index (χ2n) is 4.82. The number of benzene rings is 1. The van der Waals surface area contributed by atoms with Crippen LogP contribution < -0.4 is 0 Å². The minimum Gasteiger partial charge on any atom is -0.462 e. The van der Waals surface area contributed by atoms with Crippen molar-refractivity contribution in [1.82, 2.24) is 9.78 Å². The van der Waals surface area contributed by atoms with Crippen LogP contribution in [0.15, 0.2) is 24.4 Å². The van der Waals surface area contributed by atoms with Crippen LogP contribution in [-0.4, -0.2) is 41.9 Å². The maximum absolute atomic E-state index is 11.7. The number of rotatable bonds is 5. The van der Waals surface area contributed by atoms with Crippen molar-refractivity contribution in [3.63, 3.8) is 0 Å². The summed E-state index contributed by atoms with van der Waals surface area (Å²) in [4.78, 5) is 11.7. The third-order valence-corrected chi connectivity index (χ3v) is 3.42. The van der Waals surface area contributed by atoms with E-state index in [1.807, 2.05) is 10.7 Å². The zero-order chi connectivity index (χ0) is 14.7. The number of carbonyl (C=O) groups is 1. The predicted molar refractivity (Wildman–Crippen MR) is 76.0 cm³/mol. The van der Waals surface area contributed by atoms with E-state index in [9.17, 15) is 4.79 Å². The van der Waals surface area contributed by atoms with Gasteiger partial charge in [0.05, 0.1) is 37.1 Å². The molecule has 0 aliphatic carbocycles. The Kier molecular flexibility index (Phi) is 4.17. The summed E-state index contributed by atoms with van der Waals surface area (Å²) in [5, 5.41) is 5.28. The van der Waals surface area contributed by atoms with Gasteiger partial charge in [-0.15, -0.1) is 0 Å². The fraction of sp³-hybridized carbons (Fsp3) is 0.467. The van der Waals surface area contributed by atoms with E-state index in [0.29, 0.717) is 31.9 Å². The molecule has 2 heterocycles. The summed E-state index contributed by atoms with van der Waals surface area (Å²) >= 11 is 0. The van der Waals surface area contributed by atoms with Gasteiger partial charge >= 0.3 is 5.97 Å². The highest BCUT2D eigenvalue weighted by Gasteiger charge is 2.16. The first-order valence-electron chi connectivity index (χ1n) is 7.14. The zero-order valence-electron chi connectivity index (χ0n) is 11.9. The molecule has 1 aliphatic heterocycles. The summed E-state index contributed by atoms with van der Waals surface area (Å²) in [7, 11) is 0. The van der Waals surface area contributed by atoms with Gasteiger partial charge in [0.1, 0.15) is 0 Å². The fourth-order valence-electron chi connectivity index (χ4n) is 2.41. The second-order valence-corrected chi connectivity index (χ2v) is 4.82. The number of aryl methyl sites for hydroxylation is 1. The van der Waals surface area contributed by atoms with E-state index in [2.05, 4.69) is 5.10 Å². The Labute approximate surface area is 122 Å². The average molecular weight is 290 g/mol. The molecule has 0 N–H and O–H groups in total. The standard InChI is InChI=1S/C15H18N2O4/c1-2-19-15(18)11-3-4-13-12(9-11)10-16-17(13)6-5-14-20-7-8-21-14/h3-4,9-10,14H,2,5-8H2,1H3. The van der Waals surface area contributed by atoms with Gasteiger partial charge < -0.3 is 14.2 Å². The summed E-state index contributed by atoms with van der Waals surface area (Å²) in [6, 6.07) is 5.46. The van der Waals surface area contributed by atoms with Crippen LogP contribution in [-0.2, 0) is 20.8 Å². The normalized spacial score (nSPS) is 15.7. The van der Waals surface area contributed by atoms with E-state index in [1.54, 1.807) is 25.3 Å². The van der Waals surface area contributed by atoms with Crippen molar-refractivity contribution in [2.75, 3.05) is 19.8 Å². The first kappa shape index (κ1) is 14.0. The molecule has 2 aromatic rings. The van der Waals surface area contributed by atoms with Gasteiger partial charge in [0.2, 0.25) is 0 Å². The second kappa shape index (κ2) is 6.24. The lowest BCUT2D eigenvalue weighted by molar-refractivity contribution is -0.0493. The lowest BCUT2D eigenvalue weighted by atomic mass is 10.1. The highest BCUT2D eigenvalue weighted by Crippen LogP contribution is 2.18. The number of hydrogen-bond donors (Lipinski definition) is 0. The lowest BCUT2D eigenvalue weighted by Crippen LogP contribution is -2.12. The SMILES string of the molecule is CCOC(=O)c1ccc2c(cnn2CCC2OCCO2)c1. The molecule has 1 saturated heterocycles. The maximum Gasteiger partial charge on any atom is 0.338 e. The van der Waals surface area contributed by atoms with Crippen LogP contribution in [0.1, 0.15) is 23.7 Å². The molecule has 1 aromatic heterocycles. The molecule has 21 heavy (non-hydrogen) atoms. The number of hydrogen-bond acceptors (Lipinski definition) is 5. The molecule has 1 aromatic carbocycles. The summed E-state index contributed by atoms with van der Waals surface area (Å²) in [5.41, 5.74) is 1.53. The van der Waals surface area contributed by atoms with Gasteiger partial charge in [-0.2, -0.15) is 5.10 Å². The zero-order valence-corrected chi connectivity index (χ0v) is 11.9. The molecule has 3 rings (SSSR count). The first-order valence-corrected chi connectivity index (χ1v) is 7.14. The van der Waals surface area contributed by atoms with Crippen molar-refractivity contribution in [1.29, 1.82) is 0 Å². The fourth-order valence-corrected chi connectivity index (χ4v) is 2.41. The van der Waals surface area contributed by atoms with Crippen molar-refractivity contribution in [2.45, 2.75) is 26.2 Å². The molecular formula is C15H18N2O4. The lowest BCUT2D eigenvalue weighted by Gasteiger charge is -2.09. The first-order chi connectivity index (χ1) is 10.3. The molecule has 1 fully saturated rings. The van der Waals surface area contributed by atoms with Crippen LogP contribution in [0.5, 0.6) is 0 Å². The van der Waals surface area contributed by atoms with Crippen LogP contribution in [0.3, 0.4) is 0 Å². The van der Waals surface area contributed by atoms with Crippen molar-refractivity contribution >= 4 is 16.9 Å². The van der Waals surface area contributed by atoms with E-state index in [1.165, 1.54) is 0 Å². The van der Waals surface area contributed by atoms with Crippen molar-refractivity contribution in [3.8, 4) is 0 Å². The quantitative estimate of drug-likeness (QED) is 0.788. The largest absolute Gasteiger partial charge is 0.462 e. The maximum atomic E-state index is 11.7.